The number of carbonyl (C=O) groups is 1. The molecular weight excluding hydrogens is 204 g/mol. The highest BCUT2D eigenvalue weighted by atomic mass is 16.2. The molecule has 0 saturated carbocycles. The van der Waals surface area contributed by atoms with Crippen molar-refractivity contribution in [3.05, 3.63) is 24.3 Å². The molecule has 1 aromatic rings. The maximum atomic E-state index is 11.4. The van der Waals surface area contributed by atoms with Gasteiger partial charge >= 0.3 is 6.03 Å². The van der Waals surface area contributed by atoms with Crippen molar-refractivity contribution in [1.29, 1.82) is 0 Å². The number of benzene rings is 1. The third-order valence-corrected chi connectivity index (χ3v) is 2.01. The number of likely N-dealkylation sites (N-methyl/N-ethyl adjacent to an activating group) is 1. The van der Waals surface area contributed by atoms with Gasteiger partial charge in [0.25, 0.3) is 0 Å². The van der Waals surface area contributed by atoms with Gasteiger partial charge in [0, 0.05) is 24.5 Å². The Balaban J connectivity index is 2.31. The van der Waals surface area contributed by atoms with E-state index in [4.69, 9.17) is 5.73 Å². The standard InChI is InChI=1S/C11H18N4O/c1-15(2)8-7-13-11(16)14-10-5-3-9(12)4-6-10/h3-6H,7-8,12H2,1-2H3,(H2,13,14,16). The third kappa shape index (κ3) is 4.65. The van der Waals surface area contributed by atoms with Crippen LogP contribution in [0.4, 0.5) is 16.2 Å². The fourth-order valence-corrected chi connectivity index (χ4v) is 1.13. The number of nitrogens with zero attached hydrogens (tertiary/aromatic N) is 1. The molecule has 1 rings (SSSR count). The van der Waals surface area contributed by atoms with E-state index in [9.17, 15) is 4.79 Å². The van der Waals surface area contributed by atoms with Gasteiger partial charge in [-0.2, -0.15) is 0 Å². The summed E-state index contributed by atoms with van der Waals surface area (Å²) in [5.41, 5.74) is 6.95. The lowest BCUT2D eigenvalue weighted by Crippen LogP contribution is -2.34. The largest absolute Gasteiger partial charge is 0.399 e. The van der Waals surface area contributed by atoms with Gasteiger partial charge in [-0.1, -0.05) is 0 Å². The van der Waals surface area contributed by atoms with E-state index in [2.05, 4.69) is 10.6 Å². The van der Waals surface area contributed by atoms with Crippen LogP contribution in [-0.2, 0) is 0 Å². The summed E-state index contributed by atoms with van der Waals surface area (Å²) in [4.78, 5) is 13.4. The molecule has 1 aromatic carbocycles. The SMILES string of the molecule is CN(C)CCNC(=O)Nc1ccc(N)cc1. The van der Waals surface area contributed by atoms with Crippen molar-refractivity contribution >= 4 is 17.4 Å². The minimum absolute atomic E-state index is 0.202. The minimum Gasteiger partial charge on any atom is -0.399 e. The van der Waals surface area contributed by atoms with Gasteiger partial charge in [0.1, 0.15) is 0 Å². The summed E-state index contributed by atoms with van der Waals surface area (Å²) in [6.07, 6.45) is 0. The molecular formula is C11H18N4O. The average molecular weight is 222 g/mol. The first-order chi connectivity index (χ1) is 7.58. The van der Waals surface area contributed by atoms with Gasteiger partial charge in [0.2, 0.25) is 0 Å². The van der Waals surface area contributed by atoms with Crippen molar-refractivity contribution in [3.63, 3.8) is 0 Å². The number of hydrogen-bond acceptors (Lipinski definition) is 3. The van der Waals surface area contributed by atoms with Gasteiger partial charge in [0.15, 0.2) is 0 Å². The third-order valence-electron chi connectivity index (χ3n) is 2.01. The molecule has 0 atom stereocenters. The second-order valence-electron chi connectivity index (χ2n) is 3.81. The molecule has 0 fully saturated rings. The van der Waals surface area contributed by atoms with E-state index in [1.807, 2.05) is 19.0 Å². The van der Waals surface area contributed by atoms with Crippen LogP contribution in [0, 0.1) is 0 Å². The van der Waals surface area contributed by atoms with Crippen LogP contribution in [0.25, 0.3) is 0 Å². The molecule has 0 bridgehead atoms. The molecule has 88 valence electrons. The normalized spacial score (nSPS) is 10.2. The van der Waals surface area contributed by atoms with Crippen molar-refractivity contribution < 1.29 is 4.79 Å². The van der Waals surface area contributed by atoms with Crippen molar-refractivity contribution in [1.82, 2.24) is 10.2 Å². The maximum absolute atomic E-state index is 11.4. The average Bonchev–Trinajstić information content (AvgIpc) is 2.21. The summed E-state index contributed by atoms with van der Waals surface area (Å²) in [6, 6.07) is 6.82. The first-order valence-corrected chi connectivity index (χ1v) is 5.13. The van der Waals surface area contributed by atoms with Crippen molar-refractivity contribution in [2.24, 2.45) is 0 Å². The molecule has 0 aliphatic rings. The quantitative estimate of drug-likeness (QED) is 0.664. The second kappa shape index (κ2) is 5.97. The molecule has 0 saturated heterocycles. The summed E-state index contributed by atoms with van der Waals surface area (Å²) >= 11 is 0. The van der Waals surface area contributed by atoms with E-state index in [1.165, 1.54) is 0 Å². The van der Waals surface area contributed by atoms with Crippen LogP contribution in [0.5, 0.6) is 0 Å². The van der Waals surface area contributed by atoms with Crippen molar-refractivity contribution in [3.8, 4) is 0 Å². The van der Waals surface area contributed by atoms with Gasteiger partial charge in [-0.25, -0.2) is 4.79 Å². The van der Waals surface area contributed by atoms with Gasteiger partial charge in [-0.15, -0.1) is 0 Å². The Morgan fingerprint density at radius 2 is 1.94 bits per heavy atom. The number of nitrogens with one attached hydrogen (secondary N) is 2. The lowest BCUT2D eigenvalue weighted by molar-refractivity contribution is 0.250. The summed E-state index contributed by atoms with van der Waals surface area (Å²) in [5.74, 6) is 0. The highest BCUT2D eigenvalue weighted by Gasteiger charge is 2.00. The van der Waals surface area contributed by atoms with Crippen LogP contribution in [0.3, 0.4) is 0 Å². The van der Waals surface area contributed by atoms with E-state index < -0.39 is 0 Å². The van der Waals surface area contributed by atoms with Crippen LogP contribution in [0.1, 0.15) is 0 Å². The topological polar surface area (TPSA) is 70.4 Å². The lowest BCUT2D eigenvalue weighted by Gasteiger charge is -2.11. The fraction of sp³-hybridized carbons (Fsp3) is 0.364. The van der Waals surface area contributed by atoms with Gasteiger partial charge in [-0.3, -0.25) is 0 Å². The van der Waals surface area contributed by atoms with Crippen LogP contribution in [0.2, 0.25) is 0 Å². The number of amides is 2. The first-order valence-electron chi connectivity index (χ1n) is 5.13. The molecule has 0 radical (unpaired) electrons. The van der Waals surface area contributed by atoms with Crippen molar-refractivity contribution in [2.75, 3.05) is 38.2 Å². The zero-order valence-electron chi connectivity index (χ0n) is 9.66. The maximum Gasteiger partial charge on any atom is 0.319 e. The molecule has 5 nitrogen and oxygen atoms in total. The molecule has 5 heteroatoms. The summed E-state index contributed by atoms with van der Waals surface area (Å²) in [5, 5.41) is 5.47. The van der Waals surface area contributed by atoms with Crippen LogP contribution >= 0.6 is 0 Å². The summed E-state index contributed by atoms with van der Waals surface area (Å²) in [7, 11) is 3.92. The number of nitrogen functional groups attached to an aromatic ring is 1. The number of hydrogen-bond donors (Lipinski definition) is 3. The minimum atomic E-state index is -0.202. The Bertz CT molecular complexity index is 334. The Labute approximate surface area is 95.6 Å². The molecule has 0 aliphatic heterocycles. The molecule has 0 spiro atoms. The number of carbonyl (C=O) groups excluding carboxylic acids is 1. The monoisotopic (exact) mass is 222 g/mol. The summed E-state index contributed by atoms with van der Waals surface area (Å²) < 4.78 is 0. The van der Waals surface area contributed by atoms with E-state index in [0.29, 0.717) is 12.2 Å². The lowest BCUT2D eigenvalue weighted by atomic mass is 10.3. The highest BCUT2D eigenvalue weighted by Crippen LogP contribution is 2.09. The summed E-state index contributed by atoms with van der Waals surface area (Å²) in [6.45, 7) is 1.43. The molecule has 4 N–H and O–H groups in total. The number of anilines is 2. The van der Waals surface area contributed by atoms with Gasteiger partial charge < -0.3 is 21.3 Å². The Morgan fingerprint density at radius 3 is 2.50 bits per heavy atom. The van der Waals surface area contributed by atoms with Crippen LogP contribution in [0.15, 0.2) is 24.3 Å². The molecule has 0 heterocycles. The number of nitrogens with two attached hydrogens (primary N) is 1. The number of urea groups is 1. The van der Waals surface area contributed by atoms with Crippen molar-refractivity contribution in [2.45, 2.75) is 0 Å². The Hall–Kier alpha value is -1.75. The molecule has 2 amide bonds. The van der Waals surface area contributed by atoms with E-state index in [-0.39, 0.29) is 6.03 Å². The van der Waals surface area contributed by atoms with E-state index >= 15 is 0 Å². The highest BCUT2D eigenvalue weighted by molar-refractivity contribution is 5.89. The van der Waals surface area contributed by atoms with Crippen LogP contribution in [-0.4, -0.2) is 38.1 Å². The second-order valence-corrected chi connectivity index (χ2v) is 3.81. The number of rotatable bonds is 4. The fourth-order valence-electron chi connectivity index (χ4n) is 1.13. The molecule has 0 aromatic heterocycles. The Morgan fingerprint density at radius 1 is 1.31 bits per heavy atom. The first kappa shape index (κ1) is 12.3. The molecule has 0 aliphatic carbocycles. The molecule has 16 heavy (non-hydrogen) atoms. The van der Waals surface area contributed by atoms with E-state index in [1.54, 1.807) is 24.3 Å². The van der Waals surface area contributed by atoms with Gasteiger partial charge in [-0.05, 0) is 38.4 Å². The van der Waals surface area contributed by atoms with Gasteiger partial charge in [0.05, 0.1) is 0 Å². The predicted molar refractivity (Wildman–Crippen MR) is 66.4 cm³/mol. The zero-order valence-corrected chi connectivity index (χ0v) is 9.66. The van der Waals surface area contributed by atoms with Crippen LogP contribution < -0.4 is 16.4 Å². The molecule has 0 unspecified atom stereocenters. The smallest absolute Gasteiger partial charge is 0.319 e. The predicted octanol–water partition coefficient (Wildman–Crippen LogP) is 0.952. The van der Waals surface area contributed by atoms with E-state index in [0.717, 1.165) is 12.2 Å². The Kier molecular flexibility index (Phi) is 4.60. The zero-order chi connectivity index (χ0) is 12.0.